The number of rotatable bonds is 6. The molecule has 14 heavy (non-hydrogen) atoms. The molecule has 1 atom stereocenters. The first-order valence-electron chi connectivity index (χ1n) is 5.46. The van der Waals surface area contributed by atoms with E-state index in [1.165, 1.54) is 12.8 Å². The second-order valence-electron chi connectivity index (χ2n) is 3.99. The number of hydrogen-bond acceptors (Lipinski definition) is 2. The molecule has 3 heteroatoms. The fourth-order valence-electron chi connectivity index (χ4n) is 1.53. The average molecular weight is 195 g/mol. The maximum absolute atomic E-state index is 4.29. The topological polar surface area (TPSA) is 29.9 Å². The molecule has 0 aromatic carbocycles. The van der Waals surface area contributed by atoms with E-state index >= 15 is 0 Å². The Hall–Kier alpha value is -0.830. The van der Waals surface area contributed by atoms with E-state index in [-0.39, 0.29) is 0 Å². The number of nitrogens with one attached hydrogen (secondary N) is 1. The summed E-state index contributed by atoms with van der Waals surface area (Å²) < 4.78 is 2.05. The van der Waals surface area contributed by atoms with Gasteiger partial charge in [0.25, 0.3) is 0 Å². The maximum Gasteiger partial charge on any atom is 0.0643 e. The highest BCUT2D eigenvalue weighted by Gasteiger charge is 2.09. The van der Waals surface area contributed by atoms with Crippen molar-refractivity contribution in [2.24, 2.45) is 0 Å². The highest BCUT2D eigenvalue weighted by molar-refractivity contribution is 4.82. The van der Waals surface area contributed by atoms with Gasteiger partial charge in [-0.3, -0.25) is 4.68 Å². The molecule has 0 radical (unpaired) electrons. The van der Waals surface area contributed by atoms with E-state index in [1.807, 2.05) is 18.5 Å². The fourth-order valence-corrected chi connectivity index (χ4v) is 1.53. The summed E-state index contributed by atoms with van der Waals surface area (Å²) in [5.41, 5.74) is 0. The van der Waals surface area contributed by atoms with E-state index in [0.29, 0.717) is 12.1 Å². The summed E-state index contributed by atoms with van der Waals surface area (Å²) >= 11 is 0. The Bertz CT molecular complexity index is 229. The smallest absolute Gasteiger partial charge is 0.0643 e. The lowest BCUT2D eigenvalue weighted by molar-refractivity contribution is 0.382. The second kappa shape index (κ2) is 5.81. The summed E-state index contributed by atoms with van der Waals surface area (Å²) in [7, 11) is 0. The third-order valence-electron chi connectivity index (χ3n) is 2.28. The Labute approximate surface area is 86.5 Å². The Balaban J connectivity index is 2.47. The molecule has 1 N–H and O–H groups in total. The van der Waals surface area contributed by atoms with Crippen LogP contribution in [0.3, 0.4) is 0 Å². The minimum absolute atomic E-state index is 0.498. The fraction of sp³-hybridized carbons (Fsp3) is 0.727. The van der Waals surface area contributed by atoms with Crippen LogP contribution >= 0.6 is 0 Å². The third kappa shape index (κ3) is 3.50. The molecular formula is C11H21N3. The Morgan fingerprint density at radius 3 is 2.71 bits per heavy atom. The lowest BCUT2D eigenvalue weighted by Gasteiger charge is -2.19. The Morgan fingerprint density at radius 2 is 2.21 bits per heavy atom. The molecule has 1 unspecified atom stereocenters. The van der Waals surface area contributed by atoms with Gasteiger partial charge < -0.3 is 5.32 Å². The minimum Gasteiger partial charge on any atom is -0.312 e. The molecule has 1 heterocycles. The largest absolute Gasteiger partial charge is 0.312 e. The molecule has 80 valence electrons. The molecular weight excluding hydrogens is 174 g/mol. The van der Waals surface area contributed by atoms with Crippen molar-refractivity contribution in [3.8, 4) is 0 Å². The van der Waals surface area contributed by atoms with Gasteiger partial charge in [-0.2, -0.15) is 5.10 Å². The number of hydrogen-bond donors (Lipinski definition) is 1. The summed E-state index contributed by atoms with van der Waals surface area (Å²) in [4.78, 5) is 0. The summed E-state index contributed by atoms with van der Waals surface area (Å²) in [6, 6.07) is 3.03. The monoisotopic (exact) mass is 195 g/mol. The van der Waals surface area contributed by atoms with Crippen LogP contribution in [-0.2, 0) is 0 Å². The lowest BCUT2D eigenvalue weighted by Crippen LogP contribution is -2.30. The van der Waals surface area contributed by atoms with Gasteiger partial charge in [0.1, 0.15) is 0 Å². The van der Waals surface area contributed by atoms with Crippen molar-refractivity contribution < 1.29 is 0 Å². The van der Waals surface area contributed by atoms with Gasteiger partial charge in [0.05, 0.1) is 6.04 Å². The number of aromatic nitrogens is 2. The van der Waals surface area contributed by atoms with Gasteiger partial charge in [0.15, 0.2) is 0 Å². The first kappa shape index (κ1) is 11.2. The summed E-state index contributed by atoms with van der Waals surface area (Å²) in [5.74, 6) is 0. The molecule has 0 aliphatic rings. The highest BCUT2D eigenvalue weighted by Crippen LogP contribution is 2.11. The average Bonchev–Trinajstić information content (AvgIpc) is 2.64. The zero-order valence-corrected chi connectivity index (χ0v) is 9.40. The standard InChI is InChI=1S/C11H21N3/c1-4-6-11(9-12-10(2)3)14-8-5-7-13-14/h5,7-8,10-12H,4,6,9H2,1-3H3. The Morgan fingerprint density at radius 1 is 1.43 bits per heavy atom. The molecule has 1 aromatic heterocycles. The lowest BCUT2D eigenvalue weighted by atomic mass is 10.1. The van der Waals surface area contributed by atoms with E-state index in [2.05, 4.69) is 35.9 Å². The van der Waals surface area contributed by atoms with Crippen LogP contribution in [0.5, 0.6) is 0 Å². The predicted molar refractivity (Wildman–Crippen MR) is 59.3 cm³/mol. The van der Waals surface area contributed by atoms with Crippen molar-refractivity contribution in [3.05, 3.63) is 18.5 Å². The molecule has 0 saturated heterocycles. The van der Waals surface area contributed by atoms with E-state index in [9.17, 15) is 0 Å². The van der Waals surface area contributed by atoms with Crippen LogP contribution in [0, 0.1) is 0 Å². The summed E-state index contributed by atoms with van der Waals surface area (Å²) in [6.45, 7) is 7.57. The van der Waals surface area contributed by atoms with Gasteiger partial charge in [-0.05, 0) is 12.5 Å². The van der Waals surface area contributed by atoms with Crippen LogP contribution in [0.15, 0.2) is 18.5 Å². The molecule has 0 spiro atoms. The molecule has 1 aromatic rings. The summed E-state index contributed by atoms with van der Waals surface area (Å²) in [5, 5.41) is 7.75. The molecule has 0 amide bonds. The van der Waals surface area contributed by atoms with E-state index in [1.54, 1.807) is 0 Å². The van der Waals surface area contributed by atoms with Crippen LogP contribution in [-0.4, -0.2) is 22.4 Å². The van der Waals surface area contributed by atoms with Crippen molar-refractivity contribution in [1.82, 2.24) is 15.1 Å². The Kier molecular flexibility index (Phi) is 4.66. The second-order valence-corrected chi connectivity index (χ2v) is 3.99. The first-order valence-corrected chi connectivity index (χ1v) is 5.46. The minimum atomic E-state index is 0.498. The summed E-state index contributed by atoms with van der Waals surface area (Å²) in [6.07, 6.45) is 6.27. The van der Waals surface area contributed by atoms with Gasteiger partial charge in [0.2, 0.25) is 0 Å². The van der Waals surface area contributed by atoms with Gasteiger partial charge >= 0.3 is 0 Å². The first-order chi connectivity index (χ1) is 6.74. The van der Waals surface area contributed by atoms with Crippen LogP contribution in [0.1, 0.15) is 39.7 Å². The van der Waals surface area contributed by atoms with Crippen molar-refractivity contribution in [2.45, 2.75) is 45.7 Å². The number of nitrogens with zero attached hydrogens (tertiary/aromatic N) is 2. The van der Waals surface area contributed by atoms with Gasteiger partial charge in [-0.15, -0.1) is 0 Å². The van der Waals surface area contributed by atoms with Crippen molar-refractivity contribution in [2.75, 3.05) is 6.54 Å². The van der Waals surface area contributed by atoms with Crippen LogP contribution < -0.4 is 5.32 Å². The van der Waals surface area contributed by atoms with Crippen LogP contribution in [0.2, 0.25) is 0 Å². The SMILES string of the molecule is CCCC(CNC(C)C)n1cccn1. The zero-order valence-electron chi connectivity index (χ0n) is 9.40. The molecule has 3 nitrogen and oxygen atoms in total. The van der Waals surface area contributed by atoms with Gasteiger partial charge in [0, 0.05) is 25.0 Å². The van der Waals surface area contributed by atoms with Crippen molar-refractivity contribution in [3.63, 3.8) is 0 Å². The van der Waals surface area contributed by atoms with E-state index < -0.39 is 0 Å². The van der Waals surface area contributed by atoms with Gasteiger partial charge in [-0.25, -0.2) is 0 Å². The normalized spacial score (nSPS) is 13.4. The van der Waals surface area contributed by atoms with Crippen LogP contribution in [0.4, 0.5) is 0 Å². The zero-order chi connectivity index (χ0) is 10.4. The third-order valence-corrected chi connectivity index (χ3v) is 2.28. The quantitative estimate of drug-likeness (QED) is 0.754. The molecule has 0 aliphatic heterocycles. The van der Waals surface area contributed by atoms with Crippen molar-refractivity contribution in [1.29, 1.82) is 0 Å². The van der Waals surface area contributed by atoms with Crippen molar-refractivity contribution >= 4 is 0 Å². The molecule has 0 aliphatic carbocycles. The molecule has 0 saturated carbocycles. The van der Waals surface area contributed by atoms with Crippen LogP contribution in [0.25, 0.3) is 0 Å². The molecule has 0 fully saturated rings. The maximum atomic E-state index is 4.29. The molecule has 1 rings (SSSR count). The highest BCUT2D eigenvalue weighted by atomic mass is 15.3. The van der Waals surface area contributed by atoms with E-state index in [4.69, 9.17) is 0 Å². The van der Waals surface area contributed by atoms with Gasteiger partial charge in [-0.1, -0.05) is 27.2 Å². The molecule has 0 bridgehead atoms. The predicted octanol–water partition coefficient (Wildman–Crippen LogP) is 2.22. The van der Waals surface area contributed by atoms with E-state index in [0.717, 1.165) is 6.54 Å².